The normalized spacial score (nSPS) is 11.5. The van der Waals surface area contributed by atoms with E-state index in [2.05, 4.69) is 15.3 Å². The number of hydrogen-bond donors (Lipinski definition) is 4. The van der Waals surface area contributed by atoms with Crippen LogP contribution >= 0.6 is 11.6 Å². The van der Waals surface area contributed by atoms with Gasteiger partial charge in [-0.1, -0.05) is 18.5 Å². The number of nitrogen functional groups attached to an aromatic ring is 1. The molecule has 0 aliphatic rings. The van der Waals surface area contributed by atoms with Gasteiger partial charge in [0.25, 0.3) is 0 Å². The Balaban J connectivity index is 2.98. The van der Waals surface area contributed by atoms with Gasteiger partial charge in [0, 0.05) is 0 Å². The van der Waals surface area contributed by atoms with E-state index in [4.69, 9.17) is 17.3 Å². The summed E-state index contributed by atoms with van der Waals surface area (Å²) in [6.07, 6.45) is 1.78. The lowest BCUT2D eigenvalue weighted by atomic mass is 9.98. The SMILES string of the molecule is CCC(CO)(CO)Nc1ncnc(Cl)c1N. The second kappa shape index (κ2) is 5.29. The summed E-state index contributed by atoms with van der Waals surface area (Å²) >= 11 is 5.73. The predicted octanol–water partition coefficient (Wildman–Crippen LogP) is 0.257. The van der Waals surface area contributed by atoms with Gasteiger partial charge in [-0.3, -0.25) is 0 Å². The van der Waals surface area contributed by atoms with Crippen molar-refractivity contribution in [3.8, 4) is 0 Å². The fraction of sp³-hybridized carbons (Fsp3) is 0.556. The van der Waals surface area contributed by atoms with Crippen LogP contribution in [0, 0.1) is 0 Å². The van der Waals surface area contributed by atoms with Crippen LogP contribution in [0.25, 0.3) is 0 Å². The fourth-order valence-corrected chi connectivity index (χ4v) is 1.30. The van der Waals surface area contributed by atoms with Gasteiger partial charge in [-0.25, -0.2) is 9.97 Å². The zero-order valence-electron chi connectivity index (χ0n) is 8.94. The Morgan fingerprint density at radius 1 is 1.44 bits per heavy atom. The molecule has 1 rings (SSSR count). The van der Waals surface area contributed by atoms with E-state index in [0.717, 1.165) is 0 Å². The number of halogens is 1. The molecule has 0 aliphatic carbocycles. The molecule has 0 bridgehead atoms. The molecule has 0 spiro atoms. The van der Waals surface area contributed by atoms with Crippen LogP contribution in [0.15, 0.2) is 6.33 Å². The van der Waals surface area contributed by atoms with Gasteiger partial charge in [0.15, 0.2) is 11.0 Å². The largest absolute Gasteiger partial charge is 0.394 e. The molecule has 0 atom stereocenters. The molecule has 0 aromatic carbocycles. The van der Waals surface area contributed by atoms with Crippen LogP contribution in [-0.2, 0) is 0 Å². The van der Waals surface area contributed by atoms with Crippen LogP contribution < -0.4 is 11.1 Å². The Labute approximate surface area is 98.5 Å². The number of nitrogens with zero attached hydrogens (tertiary/aromatic N) is 2. The molecular formula is C9H15ClN4O2. The first-order valence-corrected chi connectivity index (χ1v) is 5.22. The topological polar surface area (TPSA) is 104 Å². The highest BCUT2D eigenvalue weighted by atomic mass is 35.5. The molecule has 0 radical (unpaired) electrons. The Morgan fingerprint density at radius 2 is 2.06 bits per heavy atom. The third-order valence-corrected chi connectivity index (χ3v) is 2.80. The smallest absolute Gasteiger partial charge is 0.157 e. The van der Waals surface area contributed by atoms with E-state index >= 15 is 0 Å². The summed E-state index contributed by atoms with van der Waals surface area (Å²) in [4.78, 5) is 7.63. The Kier molecular flexibility index (Phi) is 4.28. The van der Waals surface area contributed by atoms with Gasteiger partial charge in [-0.15, -0.1) is 0 Å². The van der Waals surface area contributed by atoms with Crippen molar-refractivity contribution in [3.05, 3.63) is 11.5 Å². The average Bonchev–Trinajstić information content (AvgIpc) is 2.32. The van der Waals surface area contributed by atoms with Crippen molar-refractivity contribution in [3.63, 3.8) is 0 Å². The molecule has 90 valence electrons. The van der Waals surface area contributed by atoms with E-state index in [1.165, 1.54) is 6.33 Å². The molecule has 16 heavy (non-hydrogen) atoms. The lowest BCUT2D eigenvalue weighted by Crippen LogP contribution is -2.45. The van der Waals surface area contributed by atoms with Crippen molar-refractivity contribution in [2.75, 3.05) is 24.3 Å². The molecule has 0 saturated carbocycles. The minimum absolute atomic E-state index is 0.137. The van der Waals surface area contributed by atoms with Crippen LogP contribution in [0.1, 0.15) is 13.3 Å². The quantitative estimate of drug-likeness (QED) is 0.556. The zero-order valence-corrected chi connectivity index (χ0v) is 9.70. The second-order valence-electron chi connectivity index (χ2n) is 3.50. The Hall–Kier alpha value is -1.11. The molecule has 1 heterocycles. The highest BCUT2D eigenvalue weighted by molar-refractivity contribution is 6.32. The molecule has 0 unspecified atom stereocenters. The first-order chi connectivity index (χ1) is 7.58. The maximum absolute atomic E-state index is 9.26. The number of nitrogens with two attached hydrogens (primary N) is 1. The lowest BCUT2D eigenvalue weighted by Gasteiger charge is -2.30. The molecule has 6 nitrogen and oxygen atoms in total. The standard InChI is InChI=1S/C9H15ClN4O2/c1-2-9(3-15,4-16)14-8-6(11)7(10)12-5-13-8/h5,15-16H,2-4,11H2,1H3,(H,12,13,14). The van der Waals surface area contributed by atoms with E-state index in [1.807, 2.05) is 6.92 Å². The van der Waals surface area contributed by atoms with Gasteiger partial charge in [-0.05, 0) is 6.42 Å². The molecule has 5 N–H and O–H groups in total. The fourth-order valence-electron chi connectivity index (χ4n) is 1.17. The Morgan fingerprint density at radius 3 is 2.56 bits per heavy atom. The van der Waals surface area contributed by atoms with Crippen LogP contribution in [0.3, 0.4) is 0 Å². The average molecular weight is 247 g/mol. The molecule has 7 heteroatoms. The summed E-state index contributed by atoms with van der Waals surface area (Å²) in [5, 5.41) is 21.5. The van der Waals surface area contributed by atoms with Crippen molar-refractivity contribution in [2.45, 2.75) is 18.9 Å². The zero-order chi connectivity index (χ0) is 12.2. The number of hydrogen-bond acceptors (Lipinski definition) is 6. The minimum Gasteiger partial charge on any atom is -0.394 e. The third kappa shape index (κ3) is 2.52. The van der Waals surface area contributed by atoms with Crippen molar-refractivity contribution in [2.24, 2.45) is 0 Å². The van der Waals surface area contributed by atoms with Gasteiger partial charge in [0.05, 0.1) is 18.8 Å². The van der Waals surface area contributed by atoms with E-state index in [1.54, 1.807) is 0 Å². The van der Waals surface area contributed by atoms with E-state index in [9.17, 15) is 10.2 Å². The molecule has 0 saturated heterocycles. The van der Waals surface area contributed by atoms with Crippen LogP contribution in [-0.4, -0.2) is 38.9 Å². The van der Waals surface area contributed by atoms with Crippen molar-refractivity contribution >= 4 is 23.1 Å². The van der Waals surface area contributed by atoms with Gasteiger partial charge in [0.2, 0.25) is 0 Å². The van der Waals surface area contributed by atoms with Crippen LogP contribution in [0.4, 0.5) is 11.5 Å². The first-order valence-electron chi connectivity index (χ1n) is 4.84. The van der Waals surface area contributed by atoms with E-state index in [0.29, 0.717) is 12.2 Å². The summed E-state index contributed by atoms with van der Waals surface area (Å²) in [5.41, 5.74) is 5.01. The second-order valence-corrected chi connectivity index (χ2v) is 3.86. The molecule has 0 fully saturated rings. The number of aromatic nitrogens is 2. The highest BCUT2D eigenvalue weighted by Gasteiger charge is 2.27. The number of aliphatic hydroxyl groups excluding tert-OH is 2. The number of rotatable bonds is 5. The number of nitrogens with one attached hydrogen (secondary N) is 1. The molecule has 1 aromatic rings. The molecule has 1 aromatic heterocycles. The summed E-state index contributed by atoms with van der Waals surface area (Å²) in [7, 11) is 0. The van der Waals surface area contributed by atoms with Crippen LogP contribution in [0.5, 0.6) is 0 Å². The molecule has 0 aliphatic heterocycles. The predicted molar refractivity (Wildman–Crippen MR) is 62.3 cm³/mol. The monoisotopic (exact) mass is 246 g/mol. The van der Waals surface area contributed by atoms with E-state index in [-0.39, 0.29) is 24.1 Å². The summed E-state index contributed by atoms with van der Waals surface area (Å²) in [6, 6.07) is 0. The highest BCUT2D eigenvalue weighted by Crippen LogP contribution is 2.25. The maximum atomic E-state index is 9.26. The maximum Gasteiger partial charge on any atom is 0.157 e. The van der Waals surface area contributed by atoms with Gasteiger partial charge in [-0.2, -0.15) is 0 Å². The summed E-state index contributed by atoms with van der Waals surface area (Å²) in [5.74, 6) is 0.310. The van der Waals surface area contributed by atoms with Crippen molar-refractivity contribution in [1.29, 1.82) is 0 Å². The van der Waals surface area contributed by atoms with Gasteiger partial charge in [0.1, 0.15) is 12.0 Å². The minimum atomic E-state index is -0.855. The van der Waals surface area contributed by atoms with E-state index < -0.39 is 5.54 Å². The van der Waals surface area contributed by atoms with Crippen molar-refractivity contribution in [1.82, 2.24) is 9.97 Å². The Bertz CT molecular complexity index is 349. The van der Waals surface area contributed by atoms with Gasteiger partial charge < -0.3 is 21.3 Å². The lowest BCUT2D eigenvalue weighted by molar-refractivity contribution is 0.132. The summed E-state index contributed by atoms with van der Waals surface area (Å²) in [6.45, 7) is 1.36. The van der Waals surface area contributed by atoms with Crippen molar-refractivity contribution < 1.29 is 10.2 Å². The van der Waals surface area contributed by atoms with Gasteiger partial charge >= 0.3 is 0 Å². The number of aliphatic hydroxyl groups is 2. The van der Waals surface area contributed by atoms with Crippen LogP contribution in [0.2, 0.25) is 5.15 Å². The number of anilines is 2. The molecule has 0 amide bonds. The summed E-state index contributed by atoms with van der Waals surface area (Å²) < 4.78 is 0. The first kappa shape index (κ1) is 13.0. The third-order valence-electron chi connectivity index (χ3n) is 2.50. The molecular weight excluding hydrogens is 232 g/mol.